The van der Waals surface area contributed by atoms with E-state index in [4.69, 9.17) is 17.3 Å². The molecule has 0 saturated carbocycles. The molecule has 2 rings (SSSR count). The lowest BCUT2D eigenvalue weighted by Crippen LogP contribution is -2.41. The number of aromatic nitrogens is 2. The Bertz CT molecular complexity index is 598. The first-order valence-corrected chi connectivity index (χ1v) is 6.79. The summed E-state index contributed by atoms with van der Waals surface area (Å²) in [4.78, 5) is 20.3. The number of rotatable bonds is 3. The largest absolute Gasteiger partial charge is 0.384 e. The van der Waals surface area contributed by atoms with Crippen LogP contribution >= 0.6 is 22.9 Å². The van der Waals surface area contributed by atoms with E-state index in [9.17, 15) is 4.79 Å². The van der Waals surface area contributed by atoms with Gasteiger partial charge >= 0.3 is 0 Å². The number of carbonyl (C=O) groups excluding carboxylic acids is 1. The number of hydrogen-bond donors (Lipinski definition) is 2. The van der Waals surface area contributed by atoms with Crippen molar-refractivity contribution in [3.05, 3.63) is 39.4 Å². The van der Waals surface area contributed by atoms with Gasteiger partial charge in [0.2, 0.25) is 0 Å². The Labute approximate surface area is 119 Å². The van der Waals surface area contributed by atoms with Crippen LogP contribution in [0.5, 0.6) is 0 Å². The minimum atomic E-state index is -0.577. The topological polar surface area (TPSA) is 80.9 Å². The maximum Gasteiger partial charge on any atom is 0.253 e. The van der Waals surface area contributed by atoms with Gasteiger partial charge in [-0.2, -0.15) is 0 Å². The van der Waals surface area contributed by atoms with E-state index in [1.165, 1.54) is 23.6 Å². The quantitative estimate of drug-likeness (QED) is 0.911. The zero-order valence-electron chi connectivity index (χ0n) is 10.5. The van der Waals surface area contributed by atoms with Crippen LogP contribution < -0.4 is 11.1 Å². The number of amides is 1. The van der Waals surface area contributed by atoms with Gasteiger partial charge in [-0.1, -0.05) is 11.6 Å². The summed E-state index contributed by atoms with van der Waals surface area (Å²) < 4.78 is 0. The lowest BCUT2D eigenvalue weighted by atomic mass is 10.1. The van der Waals surface area contributed by atoms with Crippen molar-refractivity contribution in [3.63, 3.8) is 0 Å². The molecular formula is C12H13ClN4OS. The van der Waals surface area contributed by atoms with E-state index in [1.807, 2.05) is 19.2 Å². The Morgan fingerprint density at radius 2 is 2.21 bits per heavy atom. The molecule has 3 N–H and O–H groups in total. The van der Waals surface area contributed by atoms with Gasteiger partial charge in [-0.05, 0) is 19.9 Å². The third-order valence-electron chi connectivity index (χ3n) is 2.51. The Morgan fingerprint density at radius 3 is 2.84 bits per heavy atom. The summed E-state index contributed by atoms with van der Waals surface area (Å²) in [5.74, 6) is -0.0547. The predicted molar refractivity (Wildman–Crippen MR) is 76.3 cm³/mol. The molecule has 0 unspecified atom stereocenters. The van der Waals surface area contributed by atoms with E-state index in [1.54, 1.807) is 6.20 Å². The zero-order chi connectivity index (χ0) is 14.0. The lowest BCUT2D eigenvalue weighted by molar-refractivity contribution is 0.0912. The van der Waals surface area contributed by atoms with Crippen LogP contribution in [0.15, 0.2) is 23.8 Å². The molecule has 0 fully saturated rings. The summed E-state index contributed by atoms with van der Waals surface area (Å²) in [5.41, 5.74) is 5.29. The number of nitrogens with one attached hydrogen (secondary N) is 1. The SMILES string of the molecule is CC(C)(NC(=O)c1cc(N)ncc1Cl)c1nccs1. The van der Waals surface area contributed by atoms with Crippen LogP contribution in [0.2, 0.25) is 5.02 Å². The first-order chi connectivity index (χ1) is 8.90. The van der Waals surface area contributed by atoms with Crippen molar-refractivity contribution in [2.75, 3.05) is 5.73 Å². The standard InChI is InChI=1S/C12H13ClN4OS/c1-12(2,11-15-3-4-19-11)17-10(18)7-5-9(14)16-6-8(7)13/h3-6H,1-2H3,(H2,14,16)(H,17,18). The molecule has 100 valence electrons. The molecule has 2 aromatic rings. The second kappa shape index (κ2) is 5.14. The molecule has 0 aliphatic rings. The molecule has 5 nitrogen and oxygen atoms in total. The van der Waals surface area contributed by atoms with E-state index in [0.29, 0.717) is 5.56 Å². The summed E-state index contributed by atoms with van der Waals surface area (Å²) in [5, 5.41) is 5.83. The summed E-state index contributed by atoms with van der Waals surface area (Å²) in [6, 6.07) is 1.45. The van der Waals surface area contributed by atoms with Gasteiger partial charge in [-0.25, -0.2) is 9.97 Å². The first-order valence-electron chi connectivity index (χ1n) is 5.53. The van der Waals surface area contributed by atoms with Crippen molar-refractivity contribution in [1.82, 2.24) is 15.3 Å². The highest BCUT2D eigenvalue weighted by atomic mass is 35.5. The maximum absolute atomic E-state index is 12.2. The third kappa shape index (κ3) is 3.02. The Kier molecular flexibility index (Phi) is 3.73. The zero-order valence-corrected chi connectivity index (χ0v) is 12.0. The van der Waals surface area contributed by atoms with E-state index in [-0.39, 0.29) is 16.7 Å². The molecule has 1 amide bonds. The molecule has 0 atom stereocenters. The van der Waals surface area contributed by atoms with Crippen LogP contribution in [-0.4, -0.2) is 15.9 Å². The van der Waals surface area contributed by atoms with Crippen LogP contribution in [0.3, 0.4) is 0 Å². The van der Waals surface area contributed by atoms with Gasteiger partial charge in [0.25, 0.3) is 5.91 Å². The number of carbonyl (C=O) groups is 1. The number of nitrogens with two attached hydrogens (primary N) is 1. The van der Waals surface area contributed by atoms with Gasteiger partial charge in [-0.15, -0.1) is 11.3 Å². The summed E-state index contributed by atoms with van der Waals surface area (Å²) in [6.45, 7) is 3.75. The number of nitrogens with zero attached hydrogens (tertiary/aromatic N) is 2. The molecule has 2 aromatic heterocycles. The minimum Gasteiger partial charge on any atom is -0.384 e. The van der Waals surface area contributed by atoms with Crippen molar-refractivity contribution >= 4 is 34.7 Å². The van der Waals surface area contributed by atoms with Crippen LogP contribution in [0.1, 0.15) is 29.2 Å². The number of halogens is 1. The van der Waals surface area contributed by atoms with Gasteiger partial charge in [0.05, 0.1) is 16.1 Å². The second-order valence-corrected chi connectivity index (χ2v) is 5.81. The Balaban J connectivity index is 2.24. The van der Waals surface area contributed by atoms with Gasteiger partial charge < -0.3 is 11.1 Å². The van der Waals surface area contributed by atoms with Crippen LogP contribution in [-0.2, 0) is 5.54 Å². The number of anilines is 1. The summed E-state index contributed by atoms with van der Waals surface area (Å²) in [7, 11) is 0. The molecule has 19 heavy (non-hydrogen) atoms. The smallest absolute Gasteiger partial charge is 0.253 e. The Hall–Kier alpha value is -1.66. The number of thiazole rings is 1. The molecule has 7 heteroatoms. The maximum atomic E-state index is 12.2. The fraction of sp³-hybridized carbons (Fsp3) is 0.250. The number of nitrogen functional groups attached to an aromatic ring is 1. The number of pyridine rings is 1. The molecule has 0 saturated heterocycles. The molecule has 0 radical (unpaired) electrons. The van der Waals surface area contributed by atoms with Crippen molar-refractivity contribution in [2.24, 2.45) is 0 Å². The number of hydrogen-bond acceptors (Lipinski definition) is 5. The Morgan fingerprint density at radius 1 is 1.47 bits per heavy atom. The average Bonchev–Trinajstić information content (AvgIpc) is 2.86. The molecule has 0 aliphatic heterocycles. The van der Waals surface area contributed by atoms with Gasteiger partial charge in [-0.3, -0.25) is 4.79 Å². The van der Waals surface area contributed by atoms with Gasteiger partial charge in [0, 0.05) is 17.8 Å². The van der Waals surface area contributed by atoms with E-state index in [0.717, 1.165) is 5.01 Å². The highest BCUT2D eigenvalue weighted by Crippen LogP contribution is 2.24. The highest BCUT2D eigenvalue weighted by Gasteiger charge is 2.26. The first kappa shape index (κ1) is 13.8. The second-order valence-electron chi connectivity index (χ2n) is 4.51. The van der Waals surface area contributed by atoms with Crippen molar-refractivity contribution in [1.29, 1.82) is 0 Å². The average molecular weight is 297 g/mol. The third-order valence-corrected chi connectivity index (χ3v) is 3.91. The molecule has 0 aliphatic carbocycles. The molecule has 0 bridgehead atoms. The van der Waals surface area contributed by atoms with Gasteiger partial charge in [0.15, 0.2) is 0 Å². The van der Waals surface area contributed by atoms with Crippen molar-refractivity contribution in [2.45, 2.75) is 19.4 Å². The molecule has 0 aromatic carbocycles. The summed E-state index contributed by atoms with van der Waals surface area (Å²) in [6.07, 6.45) is 3.06. The van der Waals surface area contributed by atoms with Crippen LogP contribution in [0.4, 0.5) is 5.82 Å². The van der Waals surface area contributed by atoms with E-state index in [2.05, 4.69) is 15.3 Å². The molecule has 0 spiro atoms. The monoisotopic (exact) mass is 296 g/mol. The van der Waals surface area contributed by atoms with Crippen molar-refractivity contribution < 1.29 is 4.79 Å². The van der Waals surface area contributed by atoms with Crippen molar-refractivity contribution in [3.8, 4) is 0 Å². The lowest BCUT2D eigenvalue weighted by Gasteiger charge is -2.24. The van der Waals surface area contributed by atoms with Gasteiger partial charge in [0.1, 0.15) is 10.8 Å². The van der Waals surface area contributed by atoms with Crippen LogP contribution in [0.25, 0.3) is 0 Å². The normalized spacial score (nSPS) is 11.3. The van der Waals surface area contributed by atoms with E-state index >= 15 is 0 Å². The molecular weight excluding hydrogens is 284 g/mol. The van der Waals surface area contributed by atoms with Crippen LogP contribution in [0, 0.1) is 0 Å². The fourth-order valence-electron chi connectivity index (χ4n) is 1.57. The highest BCUT2D eigenvalue weighted by molar-refractivity contribution is 7.09. The molecule has 2 heterocycles. The van der Waals surface area contributed by atoms with E-state index < -0.39 is 5.54 Å². The minimum absolute atomic E-state index is 0.251. The summed E-state index contributed by atoms with van der Waals surface area (Å²) >= 11 is 7.43. The predicted octanol–water partition coefficient (Wildman–Crippen LogP) is 2.44. The fourth-order valence-corrected chi connectivity index (χ4v) is 2.47.